The molecular formula is C27H54N2O10Si2. The Balaban J connectivity index is 2.43. The van der Waals surface area contributed by atoms with Gasteiger partial charge < -0.3 is 46.7 Å². The fourth-order valence-corrected chi connectivity index (χ4v) is 9.82. The predicted molar refractivity (Wildman–Crippen MR) is 160 cm³/mol. The molecule has 0 aromatic heterocycles. The van der Waals surface area contributed by atoms with Gasteiger partial charge in [-0.1, -0.05) is 6.08 Å². The standard InChI is InChI=1S/C27H54N2O10Si2/c1-8-24-21-27(24,22-32-25(30)28-17-15-19-40(34-9-2,35-10-3)36-11-4)23-33-26(31)29-18-16-20-41(37-12-5,38-13-6)39-14-7/h8,24H,1,9-23H2,2-7H3,(H,28,30)(H,29,31). The number of amides is 2. The van der Waals surface area contributed by atoms with Crippen LogP contribution < -0.4 is 10.6 Å². The average Bonchev–Trinajstić information content (AvgIpc) is 3.66. The van der Waals surface area contributed by atoms with E-state index in [1.165, 1.54) is 0 Å². The summed E-state index contributed by atoms with van der Waals surface area (Å²) < 4.78 is 46.0. The van der Waals surface area contributed by atoms with Crippen molar-refractivity contribution in [3.8, 4) is 0 Å². The van der Waals surface area contributed by atoms with E-state index in [9.17, 15) is 9.59 Å². The van der Waals surface area contributed by atoms with Crippen molar-refractivity contribution in [1.82, 2.24) is 10.6 Å². The normalized spacial score (nSPS) is 16.2. The maximum atomic E-state index is 12.4. The molecule has 2 N–H and O–H groups in total. The summed E-state index contributed by atoms with van der Waals surface area (Å²) in [5, 5.41) is 5.55. The van der Waals surface area contributed by atoms with Crippen LogP contribution in [0.15, 0.2) is 12.7 Å². The van der Waals surface area contributed by atoms with Crippen molar-refractivity contribution in [2.24, 2.45) is 11.3 Å². The molecule has 0 saturated heterocycles. The largest absolute Gasteiger partial charge is 0.500 e. The Bertz CT molecular complexity index is 678. The Kier molecular flexibility index (Phi) is 18.7. The zero-order valence-electron chi connectivity index (χ0n) is 26.1. The van der Waals surface area contributed by atoms with Gasteiger partial charge in [-0.3, -0.25) is 0 Å². The van der Waals surface area contributed by atoms with Crippen LogP contribution in [0.2, 0.25) is 12.1 Å². The molecule has 1 fully saturated rings. The monoisotopic (exact) mass is 622 g/mol. The topological polar surface area (TPSA) is 132 Å². The van der Waals surface area contributed by atoms with E-state index in [0.717, 1.165) is 6.42 Å². The van der Waals surface area contributed by atoms with Gasteiger partial charge in [0.25, 0.3) is 0 Å². The molecule has 1 saturated carbocycles. The number of allylic oxidation sites excluding steroid dienone is 1. The summed E-state index contributed by atoms with van der Waals surface area (Å²) in [5.41, 5.74) is -0.460. The summed E-state index contributed by atoms with van der Waals surface area (Å²) in [7, 11) is -5.50. The van der Waals surface area contributed by atoms with Gasteiger partial charge in [0.1, 0.15) is 13.2 Å². The number of carbonyl (C=O) groups excluding carboxylic acids is 2. The van der Waals surface area contributed by atoms with Crippen LogP contribution in [0.4, 0.5) is 9.59 Å². The Labute approximate surface area is 248 Å². The summed E-state index contributed by atoms with van der Waals surface area (Å²) in [4.78, 5) is 24.7. The fourth-order valence-electron chi connectivity index (χ4n) is 4.60. The van der Waals surface area contributed by atoms with Crippen molar-refractivity contribution in [3.05, 3.63) is 12.7 Å². The Morgan fingerprint density at radius 2 is 1.05 bits per heavy atom. The third-order valence-corrected chi connectivity index (χ3v) is 12.9. The molecule has 1 atom stereocenters. The van der Waals surface area contributed by atoms with Gasteiger partial charge in [0.15, 0.2) is 0 Å². The molecule has 0 bridgehead atoms. The molecule has 0 aliphatic heterocycles. The molecule has 0 radical (unpaired) electrons. The number of hydrogen-bond donors (Lipinski definition) is 2. The first-order chi connectivity index (χ1) is 19.7. The third kappa shape index (κ3) is 13.5. The molecule has 0 aromatic carbocycles. The second-order valence-electron chi connectivity index (χ2n) is 9.59. The first kappa shape index (κ1) is 37.5. The number of ether oxygens (including phenoxy) is 2. The maximum absolute atomic E-state index is 12.4. The van der Waals surface area contributed by atoms with Crippen molar-refractivity contribution < 1.29 is 45.6 Å². The van der Waals surface area contributed by atoms with Crippen molar-refractivity contribution >= 4 is 29.8 Å². The first-order valence-electron chi connectivity index (χ1n) is 15.0. The Hall–Kier alpha value is -1.53. The SMILES string of the molecule is C=CC1CC1(COC(=O)NCCC[Si](OCC)(OCC)OCC)COC(=O)NCCC[Si](OCC)(OCC)OCC. The molecule has 1 unspecified atom stereocenters. The summed E-state index contributed by atoms with van der Waals surface area (Å²) in [6.45, 7) is 19.4. The summed E-state index contributed by atoms with van der Waals surface area (Å²) in [6.07, 6.45) is 2.76. The molecule has 0 spiro atoms. The smallest absolute Gasteiger partial charge is 0.449 e. The van der Waals surface area contributed by atoms with E-state index < -0.39 is 35.2 Å². The molecule has 0 aromatic rings. The van der Waals surface area contributed by atoms with Gasteiger partial charge in [0.05, 0.1) is 0 Å². The van der Waals surface area contributed by atoms with E-state index in [2.05, 4.69) is 17.2 Å². The summed E-state index contributed by atoms with van der Waals surface area (Å²) >= 11 is 0. The van der Waals surface area contributed by atoms with Crippen LogP contribution in [-0.4, -0.2) is 95.7 Å². The average molecular weight is 623 g/mol. The van der Waals surface area contributed by atoms with Crippen LogP contribution in [0, 0.1) is 11.3 Å². The molecule has 2 amide bonds. The van der Waals surface area contributed by atoms with Crippen LogP contribution in [0.1, 0.15) is 60.8 Å². The van der Waals surface area contributed by atoms with E-state index in [0.29, 0.717) is 77.7 Å². The van der Waals surface area contributed by atoms with E-state index in [1.807, 2.05) is 41.5 Å². The van der Waals surface area contributed by atoms with E-state index in [4.69, 9.17) is 36.0 Å². The van der Waals surface area contributed by atoms with Crippen LogP contribution in [0.25, 0.3) is 0 Å². The van der Waals surface area contributed by atoms with Crippen molar-refractivity contribution in [3.63, 3.8) is 0 Å². The predicted octanol–water partition coefficient (Wildman–Crippen LogP) is 4.51. The highest BCUT2D eigenvalue weighted by Gasteiger charge is 2.54. The van der Waals surface area contributed by atoms with Gasteiger partial charge in [-0.25, -0.2) is 9.59 Å². The third-order valence-electron chi connectivity index (χ3n) is 6.56. The van der Waals surface area contributed by atoms with Crippen LogP contribution in [0.3, 0.4) is 0 Å². The van der Waals surface area contributed by atoms with Crippen molar-refractivity contribution in [1.29, 1.82) is 0 Å². The summed E-state index contributed by atoms with van der Waals surface area (Å²) in [5.74, 6) is 0.105. The highest BCUT2D eigenvalue weighted by molar-refractivity contribution is 6.61. The zero-order chi connectivity index (χ0) is 30.6. The molecule has 1 rings (SSSR count). The number of rotatable bonds is 25. The molecule has 1 aliphatic carbocycles. The second-order valence-corrected chi connectivity index (χ2v) is 15.0. The first-order valence-corrected chi connectivity index (χ1v) is 18.9. The number of hydrogen-bond acceptors (Lipinski definition) is 10. The lowest BCUT2D eigenvalue weighted by molar-refractivity contribution is 0.0674. The Morgan fingerprint density at radius 3 is 1.32 bits per heavy atom. The van der Waals surface area contributed by atoms with Crippen molar-refractivity contribution in [2.45, 2.75) is 72.9 Å². The van der Waals surface area contributed by atoms with Gasteiger partial charge in [-0.2, -0.15) is 0 Å². The maximum Gasteiger partial charge on any atom is 0.500 e. The minimum absolute atomic E-state index is 0.105. The van der Waals surface area contributed by atoms with Gasteiger partial charge in [-0.05, 0) is 66.7 Å². The number of alkyl carbamates (subject to hydrolysis) is 2. The highest BCUT2D eigenvalue weighted by Crippen LogP contribution is 2.53. The lowest BCUT2D eigenvalue weighted by atomic mass is 10.1. The minimum Gasteiger partial charge on any atom is -0.449 e. The molecule has 1 aliphatic rings. The molecule has 12 nitrogen and oxygen atoms in total. The van der Waals surface area contributed by atoms with Crippen LogP contribution in [-0.2, 0) is 36.0 Å². The van der Waals surface area contributed by atoms with Crippen LogP contribution >= 0.6 is 0 Å². The van der Waals surface area contributed by atoms with Gasteiger partial charge in [0.2, 0.25) is 0 Å². The van der Waals surface area contributed by atoms with Crippen LogP contribution in [0.5, 0.6) is 0 Å². The quantitative estimate of drug-likeness (QED) is 0.0852. The van der Waals surface area contributed by atoms with E-state index in [-0.39, 0.29) is 19.1 Å². The van der Waals surface area contributed by atoms with Gasteiger partial charge >= 0.3 is 29.8 Å². The second kappa shape index (κ2) is 20.4. The molecule has 41 heavy (non-hydrogen) atoms. The van der Waals surface area contributed by atoms with Gasteiger partial charge in [0, 0.05) is 70.2 Å². The minimum atomic E-state index is -2.75. The summed E-state index contributed by atoms with van der Waals surface area (Å²) in [6, 6.07) is 1.20. The molecule has 240 valence electrons. The lowest BCUT2D eigenvalue weighted by Crippen LogP contribution is -2.46. The highest BCUT2D eigenvalue weighted by atomic mass is 28.4. The molecular weight excluding hydrogens is 568 g/mol. The van der Waals surface area contributed by atoms with Crippen molar-refractivity contribution in [2.75, 3.05) is 65.9 Å². The van der Waals surface area contributed by atoms with E-state index in [1.54, 1.807) is 6.08 Å². The fraction of sp³-hybridized carbons (Fsp3) is 0.852. The molecule has 0 heterocycles. The van der Waals surface area contributed by atoms with E-state index >= 15 is 0 Å². The molecule has 14 heteroatoms. The number of carbonyl (C=O) groups is 2. The Morgan fingerprint density at radius 1 is 0.707 bits per heavy atom. The number of nitrogens with one attached hydrogen (secondary N) is 2. The van der Waals surface area contributed by atoms with Gasteiger partial charge in [-0.15, -0.1) is 6.58 Å². The zero-order valence-corrected chi connectivity index (χ0v) is 28.1. The lowest BCUT2D eigenvalue weighted by Gasteiger charge is -2.28.